The van der Waals surface area contributed by atoms with Crippen molar-refractivity contribution in [2.24, 2.45) is 0 Å². The van der Waals surface area contributed by atoms with E-state index in [2.05, 4.69) is 39.7 Å². The van der Waals surface area contributed by atoms with E-state index in [4.69, 9.17) is 11.7 Å². The maximum atomic E-state index is 11.0. The largest absolute Gasteiger partial charge is 0.465 e. The Morgan fingerprint density at radius 3 is 2.62 bits per heavy atom. The molecule has 0 spiro atoms. The van der Waals surface area contributed by atoms with Crippen LogP contribution in [0.1, 0.15) is 38.3 Å². The standard InChI is InChI=1S/C14H19BrN4O2/c1-10(2)19-12(15)11(9-17-19)8-14(16-3)4-6-18(7-5-14)13(20)21/h9-10H,4-8H2,1-2H3,(H,20,21). The average Bonchev–Trinajstić information content (AvgIpc) is 2.80. The lowest BCUT2D eigenvalue weighted by Crippen LogP contribution is -2.45. The summed E-state index contributed by atoms with van der Waals surface area (Å²) in [5, 5.41) is 13.4. The van der Waals surface area contributed by atoms with E-state index in [-0.39, 0.29) is 6.04 Å². The predicted octanol–water partition coefficient (Wildman–Crippen LogP) is 3.20. The summed E-state index contributed by atoms with van der Waals surface area (Å²) < 4.78 is 2.81. The van der Waals surface area contributed by atoms with Gasteiger partial charge in [0.05, 0.1) is 12.6 Å². The smallest absolute Gasteiger partial charge is 0.407 e. The molecule has 2 rings (SSSR count). The molecule has 0 aliphatic carbocycles. The highest BCUT2D eigenvalue weighted by atomic mass is 79.9. The topological polar surface area (TPSA) is 62.7 Å². The molecule has 1 fully saturated rings. The molecule has 0 atom stereocenters. The van der Waals surface area contributed by atoms with Gasteiger partial charge in [-0.2, -0.15) is 5.10 Å². The SMILES string of the molecule is [C-]#[N+]C1(Cc2cnn(C(C)C)c2Br)CCN(C(=O)O)CC1. The molecule has 0 aromatic carbocycles. The van der Waals surface area contributed by atoms with E-state index in [1.807, 2.05) is 4.68 Å². The first-order chi connectivity index (χ1) is 9.88. The summed E-state index contributed by atoms with van der Waals surface area (Å²) in [5.74, 6) is 0. The maximum Gasteiger partial charge on any atom is 0.407 e. The molecule has 1 saturated heterocycles. The van der Waals surface area contributed by atoms with Crippen molar-refractivity contribution in [3.63, 3.8) is 0 Å². The van der Waals surface area contributed by atoms with Crippen LogP contribution in [-0.2, 0) is 6.42 Å². The van der Waals surface area contributed by atoms with Crippen LogP contribution in [0.2, 0.25) is 0 Å². The second-order valence-electron chi connectivity index (χ2n) is 5.78. The normalized spacial score (nSPS) is 17.8. The molecule has 21 heavy (non-hydrogen) atoms. The molecule has 1 aliphatic rings. The van der Waals surface area contributed by atoms with Gasteiger partial charge in [-0.05, 0) is 29.8 Å². The van der Waals surface area contributed by atoms with Crippen molar-refractivity contribution in [3.8, 4) is 0 Å². The van der Waals surface area contributed by atoms with E-state index < -0.39 is 11.6 Å². The fraction of sp³-hybridized carbons (Fsp3) is 0.643. The Bertz CT molecular complexity index is 568. The minimum absolute atomic E-state index is 0.255. The van der Waals surface area contributed by atoms with Crippen LogP contribution in [0.5, 0.6) is 0 Å². The lowest BCUT2D eigenvalue weighted by atomic mass is 9.83. The molecule has 6 nitrogen and oxygen atoms in total. The summed E-state index contributed by atoms with van der Waals surface area (Å²) in [7, 11) is 0. The molecule has 1 amide bonds. The van der Waals surface area contributed by atoms with Crippen LogP contribution in [0.25, 0.3) is 4.85 Å². The van der Waals surface area contributed by atoms with Crippen molar-refractivity contribution >= 4 is 22.0 Å². The van der Waals surface area contributed by atoms with E-state index in [0.717, 1.165) is 10.2 Å². The number of carbonyl (C=O) groups is 1. The van der Waals surface area contributed by atoms with Crippen LogP contribution in [0.15, 0.2) is 10.8 Å². The van der Waals surface area contributed by atoms with E-state index in [1.165, 1.54) is 4.90 Å². The Hall–Kier alpha value is -1.55. The van der Waals surface area contributed by atoms with Gasteiger partial charge < -0.3 is 14.9 Å². The van der Waals surface area contributed by atoms with E-state index in [9.17, 15) is 4.79 Å². The third kappa shape index (κ3) is 3.21. The molecule has 7 heteroatoms. The lowest BCUT2D eigenvalue weighted by molar-refractivity contribution is 0.124. The van der Waals surface area contributed by atoms with Gasteiger partial charge in [0, 0.05) is 37.5 Å². The molecule has 0 radical (unpaired) electrons. The Morgan fingerprint density at radius 1 is 1.57 bits per heavy atom. The average molecular weight is 355 g/mol. The van der Waals surface area contributed by atoms with Crippen LogP contribution in [0.3, 0.4) is 0 Å². The second kappa shape index (κ2) is 6.06. The molecule has 0 bridgehead atoms. The first-order valence-electron chi connectivity index (χ1n) is 6.97. The first-order valence-corrected chi connectivity index (χ1v) is 7.76. The Labute approximate surface area is 132 Å². The highest BCUT2D eigenvalue weighted by Crippen LogP contribution is 2.33. The van der Waals surface area contributed by atoms with Crippen molar-refractivity contribution in [2.45, 2.75) is 44.7 Å². The molecule has 1 aliphatic heterocycles. The number of carboxylic acid groups (broad SMARTS) is 1. The van der Waals surface area contributed by atoms with Gasteiger partial charge in [0.1, 0.15) is 4.60 Å². The second-order valence-corrected chi connectivity index (χ2v) is 6.53. The van der Waals surface area contributed by atoms with Crippen LogP contribution in [0, 0.1) is 6.57 Å². The number of aromatic nitrogens is 2. The van der Waals surface area contributed by atoms with E-state index in [1.54, 1.807) is 6.20 Å². The zero-order valence-corrected chi connectivity index (χ0v) is 13.8. The molecule has 1 aromatic heterocycles. The van der Waals surface area contributed by atoms with Gasteiger partial charge in [-0.3, -0.25) is 4.68 Å². The highest BCUT2D eigenvalue weighted by Gasteiger charge is 2.42. The zero-order chi connectivity index (χ0) is 15.6. The summed E-state index contributed by atoms with van der Waals surface area (Å²) >= 11 is 3.56. The quantitative estimate of drug-likeness (QED) is 0.847. The van der Waals surface area contributed by atoms with Crippen molar-refractivity contribution < 1.29 is 9.90 Å². The Morgan fingerprint density at radius 2 is 2.19 bits per heavy atom. The minimum Gasteiger partial charge on any atom is -0.465 e. The molecule has 0 unspecified atom stereocenters. The number of hydrogen-bond donors (Lipinski definition) is 1. The van der Waals surface area contributed by atoms with Gasteiger partial charge in [-0.15, -0.1) is 0 Å². The van der Waals surface area contributed by atoms with Gasteiger partial charge in [0.2, 0.25) is 5.54 Å². The van der Waals surface area contributed by atoms with Crippen LogP contribution in [0.4, 0.5) is 4.79 Å². The number of likely N-dealkylation sites (tertiary alicyclic amines) is 1. The molecular formula is C14H19BrN4O2. The van der Waals surface area contributed by atoms with Crippen LogP contribution >= 0.6 is 15.9 Å². The van der Waals surface area contributed by atoms with Crippen molar-refractivity contribution in [2.75, 3.05) is 13.1 Å². The lowest BCUT2D eigenvalue weighted by Gasteiger charge is -2.32. The van der Waals surface area contributed by atoms with Crippen molar-refractivity contribution in [1.82, 2.24) is 14.7 Å². The molecule has 1 aromatic rings. The fourth-order valence-electron chi connectivity index (χ4n) is 2.66. The fourth-order valence-corrected chi connectivity index (χ4v) is 3.40. The summed E-state index contributed by atoms with van der Waals surface area (Å²) in [5.41, 5.74) is 0.503. The van der Waals surface area contributed by atoms with E-state index >= 15 is 0 Å². The number of piperidine rings is 1. The molecule has 2 heterocycles. The Balaban J connectivity index is 2.14. The first kappa shape index (κ1) is 15.8. The summed E-state index contributed by atoms with van der Waals surface area (Å²) in [6.07, 6.45) is 2.66. The number of rotatable bonds is 3. The van der Waals surface area contributed by atoms with Crippen LogP contribution in [-0.4, -0.2) is 44.5 Å². The molecular weight excluding hydrogens is 336 g/mol. The summed E-state index contributed by atoms with van der Waals surface area (Å²) in [6.45, 7) is 12.5. The van der Waals surface area contributed by atoms with Crippen molar-refractivity contribution in [1.29, 1.82) is 0 Å². The van der Waals surface area contributed by atoms with Crippen molar-refractivity contribution in [3.05, 3.63) is 27.8 Å². The minimum atomic E-state index is -0.901. The van der Waals surface area contributed by atoms with Gasteiger partial charge in [0.25, 0.3) is 0 Å². The highest BCUT2D eigenvalue weighted by molar-refractivity contribution is 9.10. The third-order valence-electron chi connectivity index (χ3n) is 4.01. The number of hydrogen-bond acceptors (Lipinski definition) is 2. The molecule has 1 N–H and O–H groups in total. The van der Waals surface area contributed by atoms with Gasteiger partial charge in [-0.1, -0.05) is 0 Å². The summed E-state index contributed by atoms with van der Waals surface area (Å²) in [6, 6.07) is 0.255. The molecule has 114 valence electrons. The van der Waals surface area contributed by atoms with Crippen LogP contribution < -0.4 is 0 Å². The molecule has 0 saturated carbocycles. The van der Waals surface area contributed by atoms with Gasteiger partial charge in [0.15, 0.2) is 0 Å². The number of halogens is 1. The zero-order valence-electron chi connectivity index (χ0n) is 12.2. The van der Waals surface area contributed by atoms with E-state index in [0.29, 0.717) is 32.4 Å². The monoisotopic (exact) mass is 354 g/mol. The predicted molar refractivity (Wildman–Crippen MR) is 82.2 cm³/mol. The Kier molecular flexibility index (Phi) is 4.57. The van der Waals surface area contributed by atoms with Gasteiger partial charge >= 0.3 is 6.09 Å². The maximum absolute atomic E-state index is 11.0. The summed E-state index contributed by atoms with van der Waals surface area (Å²) in [4.78, 5) is 16.2. The third-order valence-corrected chi connectivity index (χ3v) is 4.89. The van der Waals surface area contributed by atoms with Gasteiger partial charge in [-0.25, -0.2) is 11.4 Å². The number of nitrogens with zero attached hydrogens (tertiary/aromatic N) is 4. The number of amides is 1.